The van der Waals surface area contributed by atoms with E-state index in [0.29, 0.717) is 27.0 Å². The molecule has 32 heavy (non-hydrogen) atoms. The second kappa shape index (κ2) is 7.86. The topological polar surface area (TPSA) is 105 Å². The lowest BCUT2D eigenvalue weighted by Gasteiger charge is -2.14. The SMILES string of the molecule is Cc1cc(C)n2nc(NC(=O)C3C(=O)N(Cc4ccc(Cl)cc4)N=C3C(F)(F)F)nc2n1. The smallest absolute Gasteiger partial charge is 0.292 e. The maximum Gasteiger partial charge on any atom is 0.432 e. The maximum atomic E-state index is 13.6. The first-order valence-corrected chi connectivity index (χ1v) is 9.64. The molecule has 0 saturated carbocycles. The van der Waals surface area contributed by atoms with Crippen LogP contribution in [0, 0.1) is 19.8 Å². The van der Waals surface area contributed by atoms with Gasteiger partial charge in [0.25, 0.3) is 17.6 Å². The van der Waals surface area contributed by atoms with Gasteiger partial charge in [-0.3, -0.25) is 14.9 Å². The van der Waals surface area contributed by atoms with Gasteiger partial charge in [0.05, 0.1) is 6.54 Å². The van der Waals surface area contributed by atoms with Gasteiger partial charge in [-0.2, -0.15) is 27.8 Å². The molecule has 1 aromatic carbocycles. The highest BCUT2D eigenvalue weighted by molar-refractivity contribution is 6.30. The first kappa shape index (κ1) is 21.7. The average molecular weight is 466 g/mol. The summed E-state index contributed by atoms with van der Waals surface area (Å²) in [6.45, 7) is 3.21. The van der Waals surface area contributed by atoms with E-state index in [2.05, 4.69) is 25.5 Å². The summed E-state index contributed by atoms with van der Waals surface area (Å²) in [4.78, 5) is 33.5. The number of aromatic nitrogens is 4. The van der Waals surface area contributed by atoms with Crippen molar-refractivity contribution in [2.24, 2.45) is 11.0 Å². The normalized spacial score (nSPS) is 16.6. The molecule has 4 rings (SSSR count). The Kier molecular flexibility index (Phi) is 5.33. The molecule has 2 aromatic heterocycles. The van der Waals surface area contributed by atoms with Crippen LogP contribution >= 0.6 is 11.6 Å². The highest BCUT2D eigenvalue weighted by Gasteiger charge is 2.53. The van der Waals surface area contributed by atoms with E-state index in [1.165, 1.54) is 16.6 Å². The molecule has 1 aliphatic heterocycles. The van der Waals surface area contributed by atoms with Gasteiger partial charge in [-0.1, -0.05) is 23.7 Å². The molecule has 0 radical (unpaired) electrons. The molecular formula is C19H15ClF3N7O2. The largest absolute Gasteiger partial charge is 0.432 e. The minimum Gasteiger partial charge on any atom is -0.292 e. The number of hydrogen-bond acceptors (Lipinski definition) is 6. The number of rotatable bonds is 4. The third-order valence-corrected chi connectivity index (χ3v) is 4.91. The van der Waals surface area contributed by atoms with Gasteiger partial charge in [0.2, 0.25) is 5.91 Å². The summed E-state index contributed by atoms with van der Waals surface area (Å²) in [6, 6.07) is 7.87. The second-order valence-corrected chi connectivity index (χ2v) is 7.55. The molecule has 1 aliphatic rings. The lowest BCUT2D eigenvalue weighted by molar-refractivity contribution is -0.137. The fraction of sp³-hybridized carbons (Fsp3) is 0.263. The zero-order valence-electron chi connectivity index (χ0n) is 16.7. The summed E-state index contributed by atoms with van der Waals surface area (Å²) >= 11 is 5.80. The van der Waals surface area contributed by atoms with E-state index >= 15 is 0 Å². The highest BCUT2D eigenvalue weighted by atomic mass is 35.5. The zero-order valence-corrected chi connectivity index (χ0v) is 17.4. The van der Waals surface area contributed by atoms with Gasteiger partial charge in [-0.15, -0.1) is 5.10 Å². The third kappa shape index (κ3) is 4.13. The number of amides is 2. The van der Waals surface area contributed by atoms with Gasteiger partial charge >= 0.3 is 6.18 Å². The molecule has 0 bridgehead atoms. The lowest BCUT2D eigenvalue weighted by atomic mass is 10.0. The quantitative estimate of drug-likeness (QED) is 0.596. The van der Waals surface area contributed by atoms with Gasteiger partial charge in [0.15, 0.2) is 11.6 Å². The Morgan fingerprint density at radius 2 is 1.88 bits per heavy atom. The van der Waals surface area contributed by atoms with Crippen molar-refractivity contribution in [2.75, 3.05) is 5.32 Å². The van der Waals surface area contributed by atoms with Crippen molar-refractivity contribution < 1.29 is 22.8 Å². The van der Waals surface area contributed by atoms with Crippen molar-refractivity contribution in [1.29, 1.82) is 0 Å². The summed E-state index contributed by atoms with van der Waals surface area (Å²) in [5, 5.41) is 10.6. The number of carbonyl (C=O) groups excluding carboxylic acids is 2. The molecular weight excluding hydrogens is 451 g/mol. The van der Waals surface area contributed by atoms with Gasteiger partial charge in [0, 0.05) is 16.4 Å². The van der Waals surface area contributed by atoms with Crippen LogP contribution in [0.3, 0.4) is 0 Å². The van der Waals surface area contributed by atoms with Crippen LogP contribution in [0.2, 0.25) is 5.02 Å². The number of alkyl halides is 3. The molecule has 1 unspecified atom stereocenters. The molecule has 3 aromatic rings. The molecule has 0 fully saturated rings. The maximum absolute atomic E-state index is 13.6. The molecule has 1 N–H and O–H groups in total. The Morgan fingerprint density at radius 3 is 2.53 bits per heavy atom. The van der Waals surface area contributed by atoms with Crippen LogP contribution in [-0.2, 0) is 16.1 Å². The molecule has 3 heterocycles. The number of aryl methyl sites for hydroxylation is 2. The number of benzene rings is 1. The highest BCUT2D eigenvalue weighted by Crippen LogP contribution is 2.30. The van der Waals surface area contributed by atoms with E-state index in [1.54, 1.807) is 32.0 Å². The van der Waals surface area contributed by atoms with E-state index in [9.17, 15) is 22.8 Å². The van der Waals surface area contributed by atoms with Crippen LogP contribution in [0.25, 0.3) is 5.78 Å². The van der Waals surface area contributed by atoms with Crippen LogP contribution in [0.4, 0.5) is 19.1 Å². The van der Waals surface area contributed by atoms with Crippen LogP contribution < -0.4 is 5.32 Å². The van der Waals surface area contributed by atoms with Crippen LogP contribution in [-0.4, -0.2) is 48.3 Å². The van der Waals surface area contributed by atoms with Gasteiger partial charge in [0.1, 0.15) is 0 Å². The Bertz CT molecular complexity index is 1250. The summed E-state index contributed by atoms with van der Waals surface area (Å²) in [7, 11) is 0. The van der Waals surface area contributed by atoms with Gasteiger partial charge in [-0.05, 0) is 37.6 Å². The molecule has 1 atom stereocenters. The van der Waals surface area contributed by atoms with E-state index in [0.717, 1.165) is 0 Å². The fourth-order valence-electron chi connectivity index (χ4n) is 3.24. The molecule has 9 nitrogen and oxygen atoms in total. The van der Waals surface area contributed by atoms with Gasteiger partial charge in [-0.25, -0.2) is 9.99 Å². The van der Waals surface area contributed by atoms with E-state index in [1.807, 2.05) is 0 Å². The second-order valence-electron chi connectivity index (χ2n) is 7.11. The van der Waals surface area contributed by atoms with Crippen molar-refractivity contribution in [2.45, 2.75) is 26.6 Å². The molecule has 13 heteroatoms. The van der Waals surface area contributed by atoms with Crippen molar-refractivity contribution >= 4 is 40.9 Å². The first-order valence-electron chi connectivity index (χ1n) is 9.26. The fourth-order valence-corrected chi connectivity index (χ4v) is 3.36. The Hall–Kier alpha value is -3.54. The van der Waals surface area contributed by atoms with Crippen LogP contribution in [0.5, 0.6) is 0 Å². The average Bonchev–Trinajstić information content (AvgIpc) is 3.24. The van der Waals surface area contributed by atoms with Crippen molar-refractivity contribution in [3.8, 4) is 0 Å². The standard InChI is InChI=1S/C19H15ClF3N7O2/c1-9-7-10(2)30-18(24-9)26-17(28-30)25-15(31)13-14(19(21,22)23)27-29(16(13)32)8-11-3-5-12(20)6-4-11/h3-7,13H,8H2,1-2H3,(H,25,28,31). The third-order valence-electron chi connectivity index (χ3n) is 4.65. The van der Waals surface area contributed by atoms with Crippen molar-refractivity contribution in [1.82, 2.24) is 24.6 Å². The van der Waals surface area contributed by atoms with Gasteiger partial charge < -0.3 is 0 Å². The number of hydrogen-bond donors (Lipinski definition) is 1. The molecule has 0 aliphatic carbocycles. The number of halogens is 4. The molecule has 2 amide bonds. The molecule has 166 valence electrons. The minimum absolute atomic E-state index is 0.157. The summed E-state index contributed by atoms with van der Waals surface area (Å²) in [5.41, 5.74) is 0.288. The van der Waals surface area contributed by atoms with Crippen LogP contribution in [0.15, 0.2) is 35.4 Å². The number of carbonyl (C=O) groups is 2. The number of nitrogens with zero attached hydrogens (tertiary/aromatic N) is 6. The minimum atomic E-state index is -4.99. The van der Waals surface area contributed by atoms with E-state index < -0.39 is 29.6 Å². The zero-order chi connectivity index (χ0) is 23.2. The van der Waals surface area contributed by atoms with Crippen LogP contribution in [0.1, 0.15) is 17.0 Å². The summed E-state index contributed by atoms with van der Waals surface area (Å²) in [6.07, 6.45) is -4.99. The monoisotopic (exact) mass is 465 g/mol. The number of anilines is 1. The first-order chi connectivity index (χ1) is 15.0. The molecule has 0 saturated heterocycles. The van der Waals surface area contributed by atoms with Crippen molar-refractivity contribution in [3.05, 3.63) is 52.3 Å². The molecule has 0 spiro atoms. The van der Waals surface area contributed by atoms with Crippen molar-refractivity contribution in [3.63, 3.8) is 0 Å². The number of fused-ring (bicyclic) bond motifs is 1. The predicted molar refractivity (Wildman–Crippen MR) is 108 cm³/mol. The summed E-state index contributed by atoms with van der Waals surface area (Å²) < 4.78 is 42.0. The lowest BCUT2D eigenvalue weighted by Crippen LogP contribution is -2.41. The Labute approximate surface area is 183 Å². The number of nitrogens with one attached hydrogen (secondary N) is 1. The Morgan fingerprint density at radius 1 is 1.19 bits per heavy atom. The summed E-state index contributed by atoms with van der Waals surface area (Å²) in [5.74, 6) is -4.66. The predicted octanol–water partition coefficient (Wildman–Crippen LogP) is 2.91. The Balaban J connectivity index is 1.60. The van der Waals surface area contributed by atoms with E-state index in [-0.39, 0.29) is 18.3 Å². The van der Waals surface area contributed by atoms with E-state index in [4.69, 9.17) is 11.6 Å². The number of hydrazone groups is 1.